The Bertz CT molecular complexity index is 1330. The van der Waals surface area contributed by atoms with Crippen LogP contribution in [-0.4, -0.2) is 9.67 Å². The first-order valence-corrected chi connectivity index (χ1v) is 10.4. The summed E-state index contributed by atoms with van der Waals surface area (Å²) in [4.78, 5) is 13.4. The van der Waals surface area contributed by atoms with Crippen molar-refractivity contribution in [3.05, 3.63) is 128 Å². The van der Waals surface area contributed by atoms with E-state index in [4.69, 9.17) is 0 Å². The number of allylic oxidation sites excluding steroid dienone is 1. The maximum absolute atomic E-state index is 13.4. The summed E-state index contributed by atoms with van der Waals surface area (Å²) in [6, 6.07) is 26.2. The molecule has 4 aromatic rings. The van der Waals surface area contributed by atoms with E-state index in [1.54, 1.807) is 28.8 Å². The highest BCUT2D eigenvalue weighted by atomic mass is 32.1. The molecule has 0 aliphatic carbocycles. The first-order chi connectivity index (χ1) is 14.5. The quantitative estimate of drug-likeness (QED) is 0.536. The van der Waals surface area contributed by atoms with Crippen molar-refractivity contribution in [2.45, 2.75) is 6.04 Å². The third-order valence-corrected chi connectivity index (χ3v) is 5.91. The van der Waals surface area contributed by atoms with E-state index in [1.165, 1.54) is 11.3 Å². The summed E-state index contributed by atoms with van der Waals surface area (Å²) in [5, 5.41) is 9.50. The highest BCUT2D eigenvalue weighted by Crippen LogP contribution is 2.30. The summed E-state index contributed by atoms with van der Waals surface area (Å²) in [6.07, 6.45) is 1.82. The Morgan fingerprint density at radius 2 is 1.53 bits per heavy atom. The van der Waals surface area contributed by atoms with Gasteiger partial charge in [-0.15, -0.1) is 11.3 Å². The largest absolute Gasteiger partial charge is 0.508 e. The van der Waals surface area contributed by atoms with E-state index in [1.807, 2.05) is 66.7 Å². The smallest absolute Gasteiger partial charge is 0.269 e. The minimum Gasteiger partial charge on any atom is -0.508 e. The summed E-state index contributed by atoms with van der Waals surface area (Å²) in [6.45, 7) is 8.50. The molecule has 1 heterocycles. The van der Waals surface area contributed by atoms with E-state index in [0.29, 0.717) is 9.20 Å². The lowest BCUT2D eigenvalue weighted by molar-refractivity contribution is 0.475. The zero-order valence-corrected chi connectivity index (χ0v) is 17.2. The van der Waals surface area contributed by atoms with E-state index in [2.05, 4.69) is 13.2 Å². The van der Waals surface area contributed by atoms with Crippen molar-refractivity contribution in [1.29, 1.82) is 0 Å². The lowest BCUT2D eigenvalue weighted by Gasteiger charge is -2.22. The molecular formula is C26H21NO2S. The Morgan fingerprint density at radius 3 is 2.17 bits per heavy atom. The molecule has 148 valence electrons. The van der Waals surface area contributed by atoms with Crippen molar-refractivity contribution < 1.29 is 5.11 Å². The van der Waals surface area contributed by atoms with E-state index in [9.17, 15) is 9.90 Å². The molecule has 1 atom stereocenters. The number of aromatic hydroxyl groups is 1. The van der Waals surface area contributed by atoms with Crippen molar-refractivity contribution in [3.63, 3.8) is 0 Å². The fourth-order valence-electron chi connectivity index (χ4n) is 3.48. The van der Waals surface area contributed by atoms with Crippen LogP contribution in [0.2, 0.25) is 0 Å². The molecule has 0 radical (unpaired) electrons. The van der Waals surface area contributed by atoms with Gasteiger partial charge in [-0.05, 0) is 40.5 Å². The molecule has 4 heteroatoms. The second-order valence-corrected chi connectivity index (χ2v) is 8.09. The topological polar surface area (TPSA) is 42.2 Å². The zero-order chi connectivity index (χ0) is 21.1. The molecule has 0 saturated heterocycles. The predicted molar refractivity (Wildman–Crippen MR) is 125 cm³/mol. The van der Waals surface area contributed by atoms with E-state index >= 15 is 0 Å². The lowest BCUT2D eigenvalue weighted by Crippen LogP contribution is -2.35. The second-order valence-electron chi connectivity index (χ2n) is 6.98. The Morgan fingerprint density at radius 1 is 0.933 bits per heavy atom. The van der Waals surface area contributed by atoms with Gasteiger partial charge in [0.05, 0.1) is 15.2 Å². The van der Waals surface area contributed by atoms with Gasteiger partial charge in [-0.1, -0.05) is 86.0 Å². The van der Waals surface area contributed by atoms with Crippen molar-refractivity contribution >= 4 is 29.6 Å². The van der Waals surface area contributed by atoms with Crippen LogP contribution in [0.25, 0.3) is 18.2 Å². The SMILES string of the molecule is C=C(c1ccccc1)C(c1ccccc1)n1c(=C)s/c(=C/c2ccc(O)cc2)c1=O. The summed E-state index contributed by atoms with van der Waals surface area (Å²) < 4.78 is 2.98. The Labute approximate surface area is 178 Å². The third kappa shape index (κ3) is 3.91. The number of phenols is 1. The van der Waals surface area contributed by atoms with Crippen LogP contribution in [0.1, 0.15) is 22.7 Å². The number of aromatic nitrogens is 1. The molecule has 4 rings (SSSR count). The van der Waals surface area contributed by atoms with Crippen LogP contribution in [0.4, 0.5) is 0 Å². The minimum atomic E-state index is -0.355. The molecular weight excluding hydrogens is 390 g/mol. The van der Waals surface area contributed by atoms with Crippen LogP contribution < -0.4 is 14.8 Å². The monoisotopic (exact) mass is 411 g/mol. The number of thiazole rings is 1. The van der Waals surface area contributed by atoms with Crippen LogP contribution >= 0.6 is 11.3 Å². The zero-order valence-electron chi connectivity index (χ0n) is 16.4. The van der Waals surface area contributed by atoms with Crippen LogP contribution in [0.5, 0.6) is 5.75 Å². The fraction of sp³-hybridized carbons (Fsp3) is 0.0385. The van der Waals surface area contributed by atoms with Crippen molar-refractivity contribution in [2.24, 2.45) is 0 Å². The molecule has 1 N–H and O–H groups in total. The molecule has 0 bridgehead atoms. The molecule has 3 aromatic carbocycles. The molecule has 0 fully saturated rings. The summed E-state index contributed by atoms with van der Waals surface area (Å²) >= 11 is 1.36. The van der Waals surface area contributed by atoms with Gasteiger partial charge in [0.2, 0.25) is 0 Å². The number of rotatable bonds is 5. The molecule has 3 nitrogen and oxygen atoms in total. The number of hydrogen-bond acceptors (Lipinski definition) is 3. The molecule has 0 spiro atoms. The Balaban J connectivity index is 1.89. The third-order valence-electron chi connectivity index (χ3n) is 4.97. The van der Waals surface area contributed by atoms with Gasteiger partial charge >= 0.3 is 0 Å². The summed E-state index contributed by atoms with van der Waals surface area (Å²) in [7, 11) is 0. The van der Waals surface area contributed by atoms with Crippen molar-refractivity contribution in [1.82, 2.24) is 4.57 Å². The Hall–Kier alpha value is -3.63. The van der Waals surface area contributed by atoms with Gasteiger partial charge in [-0.3, -0.25) is 9.36 Å². The average molecular weight is 412 g/mol. The molecule has 0 amide bonds. The van der Waals surface area contributed by atoms with Gasteiger partial charge in [0.15, 0.2) is 0 Å². The average Bonchev–Trinajstić information content (AvgIpc) is 3.04. The normalized spacial score (nSPS) is 12.6. The maximum atomic E-state index is 13.4. The summed E-state index contributed by atoms with van der Waals surface area (Å²) in [5.74, 6) is 0.192. The van der Waals surface area contributed by atoms with Crippen molar-refractivity contribution in [3.8, 4) is 5.75 Å². The van der Waals surface area contributed by atoms with E-state index < -0.39 is 0 Å². The molecule has 0 aliphatic rings. The number of benzene rings is 3. The van der Waals surface area contributed by atoms with Crippen LogP contribution in [0.15, 0.2) is 96.3 Å². The first kappa shape index (κ1) is 19.7. The standard InChI is InChI=1S/C26H21NO2S/c1-18(21-9-5-3-6-10-21)25(22-11-7-4-8-12-22)27-19(2)30-24(26(27)29)17-20-13-15-23(28)16-14-20/h3-17,25,28H,1-2H2/b24-17+. The van der Waals surface area contributed by atoms with E-state index in [-0.39, 0.29) is 17.4 Å². The summed E-state index contributed by atoms with van der Waals surface area (Å²) in [5.41, 5.74) is 3.53. The minimum absolute atomic E-state index is 0.107. The second kappa shape index (κ2) is 8.39. The molecule has 0 saturated carbocycles. The van der Waals surface area contributed by atoms with Gasteiger partial charge in [0.25, 0.3) is 5.56 Å². The van der Waals surface area contributed by atoms with Crippen LogP contribution in [0.3, 0.4) is 0 Å². The molecule has 30 heavy (non-hydrogen) atoms. The number of phenolic OH excluding ortho intramolecular Hbond substituents is 1. The molecule has 1 unspecified atom stereocenters. The van der Waals surface area contributed by atoms with Crippen LogP contribution in [0, 0.1) is 0 Å². The number of nitrogens with zero attached hydrogens (tertiary/aromatic N) is 1. The van der Waals surface area contributed by atoms with Gasteiger partial charge in [-0.2, -0.15) is 0 Å². The maximum Gasteiger partial charge on any atom is 0.269 e. The van der Waals surface area contributed by atoms with Crippen molar-refractivity contribution in [2.75, 3.05) is 0 Å². The van der Waals surface area contributed by atoms with Gasteiger partial charge < -0.3 is 5.11 Å². The van der Waals surface area contributed by atoms with Crippen LogP contribution in [-0.2, 0) is 0 Å². The first-order valence-electron chi connectivity index (χ1n) is 9.55. The lowest BCUT2D eigenvalue weighted by atomic mass is 9.94. The fourth-order valence-corrected chi connectivity index (χ4v) is 4.40. The molecule has 1 aromatic heterocycles. The predicted octanol–water partition coefficient (Wildman–Crippen LogP) is 4.16. The van der Waals surface area contributed by atoms with Gasteiger partial charge in [0, 0.05) is 0 Å². The Kier molecular flexibility index (Phi) is 5.50. The highest BCUT2D eigenvalue weighted by Gasteiger charge is 2.21. The number of hydrogen-bond donors (Lipinski definition) is 1. The highest BCUT2D eigenvalue weighted by molar-refractivity contribution is 7.07. The molecule has 0 aliphatic heterocycles. The van der Waals surface area contributed by atoms with Gasteiger partial charge in [0.1, 0.15) is 5.75 Å². The van der Waals surface area contributed by atoms with E-state index in [0.717, 1.165) is 22.3 Å². The van der Waals surface area contributed by atoms with Gasteiger partial charge in [-0.25, -0.2) is 0 Å².